The standard InChI is InChI=1S/C12H20N2O5/c1-3-12(10(16)17)5-6-14(8-12)11(18)13-7-9(15)19-4-2/h3-8H2,1-2H3,(H,13,18)(H,16,17). The van der Waals surface area contributed by atoms with Crippen LogP contribution in [0.3, 0.4) is 0 Å². The van der Waals surface area contributed by atoms with Gasteiger partial charge in [0.25, 0.3) is 0 Å². The number of likely N-dealkylation sites (tertiary alicyclic amines) is 1. The SMILES string of the molecule is CCOC(=O)CNC(=O)N1CCC(CC)(C(=O)O)C1. The van der Waals surface area contributed by atoms with Gasteiger partial charge in [-0.1, -0.05) is 6.92 Å². The Labute approximate surface area is 111 Å². The summed E-state index contributed by atoms with van der Waals surface area (Å²) in [6, 6.07) is -0.426. The van der Waals surface area contributed by atoms with Gasteiger partial charge < -0.3 is 20.1 Å². The lowest BCUT2D eigenvalue weighted by molar-refractivity contribution is -0.148. The van der Waals surface area contributed by atoms with Crippen LogP contribution in [0.5, 0.6) is 0 Å². The van der Waals surface area contributed by atoms with Gasteiger partial charge in [-0.05, 0) is 19.8 Å². The summed E-state index contributed by atoms with van der Waals surface area (Å²) in [6.45, 7) is 4.10. The van der Waals surface area contributed by atoms with Gasteiger partial charge in [-0.2, -0.15) is 0 Å². The Morgan fingerprint density at radius 3 is 2.53 bits per heavy atom. The van der Waals surface area contributed by atoms with E-state index in [0.717, 1.165) is 0 Å². The topological polar surface area (TPSA) is 95.9 Å². The molecule has 2 N–H and O–H groups in total. The molecule has 1 aliphatic heterocycles. The molecule has 1 heterocycles. The fourth-order valence-electron chi connectivity index (χ4n) is 2.13. The summed E-state index contributed by atoms with van der Waals surface area (Å²) in [5.41, 5.74) is -0.860. The van der Waals surface area contributed by atoms with E-state index < -0.39 is 23.4 Å². The maximum absolute atomic E-state index is 11.8. The lowest BCUT2D eigenvalue weighted by Crippen LogP contribution is -2.43. The van der Waals surface area contributed by atoms with Crippen LogP contribution >= 0.6 is 0 Å². The van der Waals surface area contributed by atoms with Gasteiger partial charge in [0.2, 0.25) is 0 Å². The maximum atomic E-state index is 11.8. The first kappa shape index (κ1) is 15.3. The molecule has 7 heteroatoms. The minimum absolute atomic E-state index is 0.174. The molecule has 1 fully saturated rings. The van der Waals surface area contributed by atoms with Gasteiger partial charge in [0.1, 0.15) is 6.54 Å². The Morgan fingerprint density at radius 2 is 2.05 bits per heavy atom. The number of carbonyl (C=O) groups is 3. The highest BCUT2D eigenvalue weighted by atomic mass is 16.5. The van der Waals surface area contributed by atoms with Crippen molar-refractivity contribution < 1.29 is 24.2 Å². The van der Waals surface area contributed by atoms with Crippen LogP contribution in [0.25, 0.3) is 0 Å². The van der Waals surface area contributed by atoms with E-state index in [2.05, 4.69) is 10.1 Å². The number of urea groups is 1. The molecule has 1 unspecified atom stereocenters. The fraction of sp³-hybridized carbons (Fsp3) is 0.750. The highest BCUT2D eigenvalue weighted by molar-refractivity contribution is 5.82. The van der Waals surface area contributed by atoms with E-state index in [0.29, 0.717) is 19.4 Å². The van der Waals surface area contributed by atoms with Crippen molar-refractivity contribution in [1.82, 2.24) is 10.2 Å². The molecule has 19 heavy (non-hydrogen) atoms. The maximum Gasteiger partial charge on any atom is 0.325 e. The third kappa shape index (κ3) is 3.59. The van der Waals surface area contributed by atoms with Gasteiger partial charge in [-0.25, -0.2) is 4.79 Å². The molecular weight excluding hydrogens is 252 g/mol. The van der Waals surface area contributed by atoms with Crippen molar-refractivity contribution >= 4 is 18.0 Å². The monoisotopic (exact) mass is 272 g/mol. The summed E-state index contributed by atoms with van der Waals surface area (Å²) in [7, 11) is 0. The number of nitrogens with zero attached hydrogens (tertiary/aromatic N) is 1. The van der Waals surface area contributed by atoms with Crippen molar-refractivity contribution in [1.29, 1.82) is 0 Å². The first-order chi connectivity index (χ1) is 8.95. The fourth-order valence-corrected chi connectivity index (χ4v) is 2.13. The van der Waals surface area contributed by atoms with Crippen molar-refractivity contribution in [3.05, 3.63) is 0 Å². The molecule has 0 spiro atoms. The number of ether oxygens (including phenoxy) is 1. The molecule has 0 aromatic heterocycles. The number of hydrogen-bond donors (Lipinski definition) is 2. The predicted molar refractivity (Wildman–Crippen MR) is 66.6 cm³/mol. The first-order valence-electron chi connectivity index (χ1n) is 6.37. The largest absolute Gasteiger partial charge is 0.481 e. The van der Waals surface area contributed by atoms with Crippen LogP contribution in [0.15, 0.2) is 0 Å². The number of carboxylic acids is 1. The molecule has 108 valence electrons. The van der Waals surface area contributed by atoms with Gasteiger partial charge in [0.05, 0.1) is 12.0 Å². The number of aliphatic carboxylic acids is 1. The smallest absolute Gasteiger partial charge is 0.325 e. The predicted octanol–water partition coefficient (Wildman–Crippen LogP) is 0.446. The normalized spacial score (nSPS) is 22.1. The second-order valence-corrected chi connectivity index (χ2v) is 4.57. The molecule has 0 saturated carbocycles. The van der Waals surface area contributed by atoms with E-state index in [4.69, 9.17) is 0 Å². The van der Waals surface area contributed by atoms with E-state index in [1.165, 1.54) is 4.90 Å². The molecule has 1 rings (SSSR count). The first-order valence-corrected chi connectivity index (χ1v) is 6.37. The Hall–Kier alpha value is -1.79. The van der Waals surface area contributed by atoms with Crippen molar-refractivity contribution in [3.8, 4) is 0 Å². The summed E-state index contributed by atoms with van der Waals surface area (Å²) in [4.78, 5) is 35.6. The number of carboxylic acid groups (broad SMARTS) is 1. The quantitative estimate of drug-likeness (QED) is 0.708. The molecule has 0 aromatic carbocycles. The molecule has 7 nitrogen and oxygen atoms in total. The molecule has 0 aliphatic carbocycles. The molecular formula is C12H20N2O5. The zero-order valence-electron chi connectivity index (χ0n) is 11.3. The van der Waals surface area contributed by atoms with Crippen LogP contribution in [-0.2, 0) is 14.3 Å². The lowest BCUT2D eigenvalue weighted by atomic mass is 9.84. The second-order valence-electron chi connectivity index (χ2n) is 4.57. The van der Waals surface area contributed by atoms with Gasteiger partial charge in [0.15, 0.2) is 0 Å². The van der Waals surface area contributed by atoms with Gasteiger partial charge >= 0.3 is 18.0 Å². The summed E-state index contributed by atoms with van der Waals surface area (Å²) in [6.07, 6.45) is 0.912. The van der Waals surface area contributed by atoms with Crippen LogP contribution in [-0.4, -0.2) is 54.2 Å². The number of carbonyl (C=O) groups excluding carboxylic acids is 2. The van der Waals surface area contributed by atoms with Gasteiger partial charge in [-0.3, -0.25) is 9.59 Å². The van der Waals surface area contributed by atoms with E-state index in [1.807, 2.05) is 0 Å². The van der Waals surface area contributed by atoms with Crippen LogP contribution in [0.2, 0.25) is 0 Å². The van der Waals surface area contributed by atoms with Crippen LogP contribution in [0.1, 0.15) is 26.7 Å². The average molecular weight is 272 g/mol. The summed E-state index contributed by atoms with van der Waals surface area (Å²) in [5, 5.41) is 11.6. The number of nitrogens with one attached hydrogen (secondary N) is 1. The van der Waals surface area contributed by atoms with Crippen molar-refractivity contribution in [2.75, 3.05) is 26.2 Å². The zero-order valence-corrected chi connectivity index (χ0v) is 11.3. The van der Waals surface area contributed by atoms with E-state index in [9.17, 15) is 19.5 Å². The van der Waals surface area contributed by atoms with Crippen LogP contribution in [0, 0.1) is 5.41 Å². The Balaban J connectivity index is 2.48. The van der Waals surface area contributed by atoms with Crippen molar-refractivity contribution in [2.45, 2.75) is 26.7 Å². The number of hydrogen-bond acceptors (Lipinski definition) is 4. The summed E-state index contributed by atoms with van der Waals surface area (Å²) in [5.74, 6) is -1.38. The third-order valence-electron chi connectivity index (χ3n) is 3.46. The van der Waals surface area contributed by atoms with Gasteiger partial charge in [-0.15, -0.1) is 0 Å². The lowest BCUT2D eigenvalue weighted by Gasteiger charge is -2.23. The van der Waals surface area contributed by atoms with Gasteiger partial charge in [0, 0.05) is 13.1 Å². The second kappa shape index (κ2) is 6.40. The molecule has 1 aliphatic rings. The minimum Gasteiger partial charge on any atom is -0.481 e. The molecule has 0 aromatic rings. The number of amides is 2. The molecule has 1 saturated heterocycles. The highest BCUT2D eigenvalue weighted by Gasteiger charge is 2.44. The van der Waals surface area contributed by atoms with Crippen LogP contribution < -0.4 is 5.32 Å². The Bertz CT molecular complexity index is 371. The van der Waals surface area contributed by atoms with Crippen molar-refractivity contribution in [3.63, 3.8) is 0 Å². The number of rotatable bonds is 5. The molecule has 2 amide bonds. The van der Waals surface area contributed by atoms with Crippen LogP contribution in [0.4, 0.5) is 4.79 Å². The average Bonchev–Trinajstić information content (AvgIpc) is 2.82. The van der Waals surface area contributed by atoms with E-state index in [-0.39, 0.29) is 19.7 Å². The minimum atomic E-state index is -0.879. The van der Waals surface area contributed by atoms with Crippen molar-refractivity contribution in [2.24, 2.45) is 5.41 Å². The molecule has 0 radical (unpaired) electrons. The number of esters is 1. The zero-order chi connectivity index (χ0) is 14.5. The Kier molecular flexibility index (Phi) is 5.14. The summed E-state index contributed by atoms with van der Waals surface area (Å²) < 4.78 is 4.69. The molecule has 0 bridgehead atoms. The molecule has 1 atom stereocenters. The van der Waals surface area contributed by atoms with E-state index in [1.54, 1.807) is 13.8 Å². The van der Waals surface area contributed by atoms with E-state index >= 15 is 0 Å². The Morgan fingerprint density at radius 1 is 1.37 bits per heavy atom. The highest BCUT2D eigenvalue weighted by Crippen LogP contribution is 2.34. The third-order valence-corrected chi connectivity index (χ3v) is 3.46. The summed E-state index contributed by atoms with van der Waals surface area (Å²) >= 11 is 0.